The van der Waals surface area contributed by atoms with E-state index in [0.717, 1.165) is 45.0 Å². The van der Waals surface area contributed by atoms with Gasteiger partial charge in [0.25, 0.3) is 0 Å². The first-order chi connectivity index (χ1) is 11.6. The van der Waals surface area contributed by atoms with Gasteiger partial charge in [0.1, 0.15) is 5.82 Å². The first-order valence-corrected chi connectivity index (χ1v) is 9.30. The van der Waals surface area contributed by atoms with Crippen molar-refractivity contribution < 1.29 is 4.79 Å². The Hall–Kier alpha value is -1.40. The van der Waals surface area contributed by atoms with E-state index >= 15 is 0 Å². The van der Waals surface area contributed by atoms with Crippen molar-refractivity contribution >= 4 is 5.91 Å². The Morgan fingerprint density at radius 3 is 2.62 bits per heavy atom. The van der Waals surface area contributed by atoms with Gasteiger partial charge in [0.15, 0.2) is 0 Å². The summed E-state index contributed by atoms with van der Waals surface area (Å²) in [5.74, 6) is 1.43. The van der Waals surface area contributed by atoms with Crippen molar-refractivity contribution in [1.29, 1.82) is 0 Å². The van der Waals surface area contributed by atoms with Crippen molar-refractivity contribution in [2.75, 3.05) is 39.8 Å². The zero-order valence-corrected chi connectivity index (χ0v) is 15.2. The summed E-state index contributed by atoms with van der Waals surface area (Å²) in [6.07, 6.45) is 9.42. The minimum Gasteiger partial charge on any atom is -0.340 e. The van der Waals surface area contributed by atoms with E-state index < -0.39 is 0 Å². The third-order valence-electron chi connectivity index (χ3n) is 5.62. The lowest BCUT2D eigenvalue weighted by Crippen LogP contribution is -2.48. The zero-order valence-electron chi connectivity index (χ0n) is 15.2. The maximum absolute atomic E-state index is 12.5. The topological polar surface area (TPSA) is 44.6 Å². The summed E-state index contributed by atoms with van der Waals surface area (Å²) in [6, 6.07) is 0.604. The first kappa shape index (κ1) is 17.4. The van der Waals surface area contributed by atoms with E-state index in [9.17, 15) is 4.79 Å². The number of likely N-dealkylation sites (tertiary alicyclic amines) is 1. The standard InChI is InChI=1S/C18H31N5O/c1-20-9-4-3-5-16(20)6-7-18(24)23-13-11-22(12-14-23)15-17-19-8-10-21(17)2/h8,10,16H,3-7,9,11-15H2,1-2H3. The van der Waals surface area contributed by atoms with Crippen molar-refractivity contribution in [3.05, 3.63) is 18.2 Å². The zero-order chi connectivity index (χ0) is 16.9. The van der Waals surface area contributed by atoms with Crippen LogP contribution < -0.4 is 0 Å². The molecule has 0 spiro atoms. The van der Waals surface area contributed by atoms with E-state index in [4.69, 9.17) is 0 Å². The highest BCUT2D eigenvalue weighted by Gasteiger charge is 2.24. The number of piperidine rings is 1. The highest BCUT2D eigenvalue weighted by molar-refractivity contribution is 5.76. The van der Waals surface area contributed by atoms with Crippen LogP contribution in [0.3, 0.4) is 0 Å². The summed E-state index contributed by atoms with van der Waals surface area (Å²) >= 11 is 0. The molecule has 2 fully saturated rings. The fourth-order valence-corrected chi connectivity index (χ4v) is 3.86. The summed E-state index contributed by atoms with van der Waals surface area (Å²) < 4.78 is 2.07. The van der Waals surface area contributed by atoms with Crippen LogP contribution in [0.4, 0.5) is 0 Å². The lowest BCUT2D eigenvalue weighted by atomic mass is 9.98. The van der Waals surface area contributed by atoms with E-state index in [-0.39, 0.29) is 0 Å². The van der Waals surface area contributed by atoms with E-state index in [0.29, 0.717) is 18.4 Å². The molecular weight excluding hydrogens is 302 g/mol. The van der Waals surface area contributed by atoms with E-state index in [1.807, 2.05) is 19.4 Å². The van der Waals surface area contributed by atoms with Crippen molar-refractivity contribution in [3.8, 4) is 0 Å². The van der Waals surface area contributed by atoms with Crippen LogP contribution in [0.25, 0.3) is 0 Å². The molecule has 0 bridgehead atoms. The molecule has 1 atom stereocenters. The van der Waals surface area contributed by atoms with Crippen LogP contribution in [-0.2, 0) is 18.4 Å². The number of carbonyl (C=O) groups is 1. The lowest BCUT2D eigenvalue weighted by molar-refractivity contribution is -0.133. The van der Waals surface area contributed by atoms with Crippen LogP contribution in [0.1, 0.15) is 37.9 Å². The van der Waals surface area contributed by atoms with Gasteiger partial charge in [-0.2, -0.15) is 0 Å². The molecule has 2 aliphatic rings. The predicted octanol–water partition coefficient (Wildman–Crippen LogP) is 1.33. The molecule has 6 nitrogen and oxygen atoms in total. The van der Waals surface area contributed by atoms with Gasteiger partial charge in [-0.05, 0) is 32.9 Å². The normalized spacial score (nSPS) is 23.6. The van der Waals surface area contributed by atoms with Crippen LogP contribution in [0, 0.1) is 0 Å². The van der Waals surface area contributed by atoms with Gasteiger partial charge in [-0.1, -0.05) is 6.42 Å². The Balaban J connectivity index is 1.39. The maximum Gasteiger partial charge on any atom is 0.222 e. The highest BCUT2D eigenvalue weighted by Crippen LogP contribution is 2.19. The van der Waals surface area contributed by atoms with Crippen LogP contribution in [0.15, 0.2) is 12.4 Å². The van der Waals surface area contributed by atoms with Gasteiger partial charge in [-0.3, -0.25) is 9.69 Å². The first-order valence-electron chi connectivity index (χ1n) is 9.30. The Kier molecular flexibility index (Phi) is 5.89. The summed E-state index contributed by atoms with van der Waals surface area (Å²) in [6.45, 7) is 5.65. The van der Waals surface area contributed by atoms with Gasteiger partial charge < -0.3 is 14.4 Å². The van der Waals surface area contributed by atoms with Crippen LogP contribution in [0.2, 0.25) is 0 Å². The molecule has 1 unspecified atom stereocenters. The summed E-state index contributed by atoms with van der Waals surface area (Å²) in [5, 5.41) is 0. The van der Waals surface area contributed by atoms with Gasteiger partial charge in [0, 0.05) is 58.1 Å². The van der Waals surface area contributed by atoms with Gasteiger partial charge in [-0.15, -0.1) is 0 Å². The largest absolute Gasteiger partial charge is 0.340 e. The fraction of sp³-hybridized carbons (Fsp3) is 0.778. The van der Waals surface area contributed by atoms with E-state index in [1.54, 1.807) is 0 Å². The molecule has 1 amide bonds. The van der Waals surface area contributed by atoms with Gasteiger partial charge >= 0.3 is 0 Å². The number of imidazole rings is 1. The molecule has 2 aliphatic heterocycles. The summed E-state index contributed by atoms with van der Waals surface area (Å²) in [5.41, 5.74) is 0. The number of hydrogen-bond donors (Lipinski definition) is 0. The van der Waals surface area contributed by atoms with Crippen molar-refractivity contribution in [3.63, 3.8) is 0 Å². The molecule has 3 rings (SSSR count). The number of aromatic nitrogens is 2. The van der Waals surface area contributed by atoms with Crippen molar-refractivity contribution in [1.82, 2.24) is 24.3 Å². The molecule has 0 saturated carbocycles. The quantitative estimate of drug-likeness (QED) is 0.815. The maximum atomic E-state index is 12.5. The second kappa shape index (κ2) is 8.12. The molecule has 1 aromatic rings. The minimum absolute atomic E-state index is 0.339. The minimum atomic E-state index is 0.339. The molecule has 6 heteroatoms. The molecule has 2 saturated heterocycles. The molecule has 0 aromatic carbocycles. The number of rotatable bonds is 5. The molecule has 0 aliphatic carbocycles. The Bertz CT molecular complexity index is 535. The smallest absolute Gasteiger partial charge is 0.222 e. The van der Waals surface area contributed by atoms with Gasteiger partial charge in [0.2, 0.25) is 5.91 Å². The Labute approximate surface area is 145 Å². The SMILES string of the molecule is CN1CCCCC1CCC(=O)N1CCN(Cc2nccn2C)CC1. The molecular formula is C18H31N5O. The Morgan fingerprint density at radius 1 is 1.17 bits per heavy atom. The molecule has 134 valence electrons. The number of hydrogen-bond acceptors (Lipinski definition) is 4. The van der Waals surface area contributed by atoms with E-state index in [2.05, 4.69) is 31.3 Å². The average molecular weight is 333 g/mol. The predicted molar refractivity (Wildman–Crippen MR) is 94.6 cm³/mol. The van der Waals surface area contributed by atoms with Crippen LogP contribution in [0.5, 0.6) is 0 Å². The van der Waals surface area contributed by atoms with Crippen molar-refractivity contribution in [2.24, 2.45) is 7.05 Å². The molecule has 3 heterocycles. The highest BCUT2D eigenvalue weighted by atomic mass is 16.2. The van der Waals surface area contributed by atoms with E-state index in [1.165, 1.54) is 25.8 Å². The second-order valence-corrected chi connectivity index (χ2v) is 7.28. The lowest BCUT2D eigenvalue weighted by Gasteiger charge is -2.36. The molecule has 24 heavy (non-hydrogen) atoms. The summed E-state index contributed by atoms with van der Waals surface area (Å²) in [7, 11) is 4.23. The molecule has 0 radical (unpaired) electrons. The molecule has 1 aromatic heterocycles. The fourth-order valence-electron chi connectivity index (χ4n) is 3.86. The van der Waals surface area contributed by atoms with Gasteiger partial charge in [0.05, 0.1) is 6.54 Å². The van der Waals surface area contributed by atoms with Gasteiger partial charge in [-0.25, -0.2) is 4.98 Å². The third kappa shape index (κ3) is 4.36. The number of nitrogens with zero attached hydrogens (tertiary/aromatic N) is 5. The number of amides is 1. The monoisotopic (exact) mass is 333 g/mol. The number of aryl methyl sites for hydroxylation is 1. The third-order valence-corrected chi connectivity index (χ3v) is 5.62. The average Bonchev–Trinajstić information content (AvgIpc) is 2.99. The second-order valence-electron chi connectivity index (χ2n) is 7.28. The Morgan fingerprint density at radius 2 is 1.96 bits per heavy atom. The van der Waals surface area contributed by atoms with Crippen LogP contribution in [-0.4, -0.2) is 76.0 Å². The van der Waals surface area contributed by atoms with Crippen molar-refractivity contribution in [2.45, 2.75) is 44.7 Å². The summed E-state index contributed by atoms with van der Waals surface area (Å²) in [4.78, 5) is 23.8. The number of piperazine rings is 1. The number of carbonyl (C=O) groups excluding carboxylic acids is 1. The molecule has 0 N–H and O–H groups in total. The van der Waals surface area contributed by atoms with Crippen LogP contribution >= 0.6 is 0 Å².